The Morgan fingerprint density at radius 1 is 1.28 bits per heavy atom. The second kappa shape index (κ2) is 6.98. The van der Waals surface area contributed by atoms with E-state index < -0.39 is 5.97 Å². The number of hydrogen-bond acceptors (Lipinski definition) is 7. The van der Waals surface area contributed by atoms with Crippen molar-refractivity contribution in [2.24, 2.45) is 0 Å². The third kappa shape index (κ3) is 3.36. The van der Waals surface area contributed by atoms with Crippen molar-refractivity contribution in [3.05, 3.63) is 40.0 Å². The molecule has 0 unspecified atom stereocenters. The van der Waals surface area contributed by atoms with Gasteiger partial charge in [0.15, 0.2) is 5.78 Å². The molecule has 0 spiro atoms. The van der Waals surface area contributed by atoms with Crippen LogP contribution in [0.5, 0.6) is 0 Å². The zero-order valence-electron chi connectivity index (χ0n) is 14.1. The summed E-state index contributed by atoms with van der Waals surface area (Å²) in [4.78, 5) is 30.0. The van der Waals surface area contributed by atoms with Gasteiger partial charge < -0.3 is 9.72 Å². The Labute approximate surface area is 147 Å². The van der Waals surface area contributed by atoms with Gasteiger partial charge in [0.25, 0.3) is 0 Å². The van der Waals surface area contributed by atoms with E-state index in [1.54, 1.807) is 20.8 Å². The van der Waals surface area contributed by atoms with E-state index in [9.17, 15) is 9.59 Å². The number of rotatable bonds is 6. The summed E-state index contributed by atoms with van der Waals surface area (Å²) < 4.78 is 5.06. The molecule has 0 bridgehead atoms. The van der Waals surface area contributed by atoms with Crippen LogP contribution in [0.3, 0.4) is 0 Å². The maximum absolute atomic E-state index is 12.7. The van der Waals surface area contributed by atoms with E-state index in [2.05, 4.69) is 20.4 Å². The molecule has 3 rings (SSSR count). The second-order valence-electron chi connectivity index (χ2n) is 5.39. The first-order valence-electron chi connectivity index (χ1n) is 7.72. The molecule has 8 nitrogen and oxygen atoms in total. The monoisotopic (exact) mass is 359 g/mol. The largest absolute Gasteiger partial charge is 0.462 e. The van der Waals surface area contributed by atoms with Crippen LogP contribution < -0.4 is 0 Å². The third-order valence-electron chi connectivity index (χ3n) is 3.61. The third-order valence-corrected chi connectivity index (χ3v) is 4.48. The smallest absolute Gasteiger partial charge is 0.340 e. The number of ether oxygens (including phenoxy) is 1. The molecular formula is C16H17N5O3S. The molecule has 0 atom stereocenters. The molecular weight excluding hydrogens is 342 g/mol. The summed E-state index contributed by atoms with van der Waals surface area (Å²) in [6, 6.07) is 3.77. The van der Waals surface area contributed by atoms with Crippen molar-refractivity contribution in [3.63, 3.8) is 0 Å². The topological polar surface area (TPSA) is 103 Å². The lowest BCUT2D eigenvalue weighted by Crippen LogP contribution is -2.17. The fourth-order valence-corrected chi connectivity index (χ4v) is 3.26. The van der Waals surface area contributed by atoms with E-state index in [0.29, 0.717) is 22.8 Å². The molecule has 0 radical (unpaired) electrons. The number of thiophene rings is 1. The van der Waals surface area contributed by atoms with Crippen molar-refractivity contribution in [2.45, 2.75) is 27.3 Å². The van der Waals surface area contributed by atoms with E-state index >= 15 is 0 Å². The number of hydrogen-bond donors (Lipinski definition) is 1. The highest BCUT2D eigenvalue weighted by atomic mass is 32.1. The number of nitrogens with zero attached hydrogens (tertiary/aromatic N) is 4. The van der Waals surface area contributed by atoms with Gasteiger partial charge >= 0.3 is 5.97 Å². The van der Waals surface area contributed by atoms with Crippen LogP contribution in [0.15, 0.2) is 17.5 Å². The van der Waals surface area contributed by atoms with E-state index in [4.69, 9.17) is 4.74 Å². The Morgan fingerprint density at radius 2 is 2.04 bits per heavy atom. The molecule has 0 amide bonds. The molecule has 9 heteroatoms. The number of aromatic amines is 1. The molecule has 0 aliphatic rings. The highest BCUT2D eigenvalue weighted by Gasteiger charge is 2.26. The number of carbonyl (C=O) groups is 2. The molecule has 0 aliphatic heterocycles. The van der Waals surface area contributed by atoms with Gasteiger partial charge in [0.2, 0.25) is 5.82 Å². The summed E-state index contributed by atoms with van der Waals surface area (Å²) in [7, 11) is 0. The SMILES string of the molecule is CCOC(=O)c1c(C)[nH]c(C)c1C(=O)Cn1nnc(-c2cccs2)n1. The summed E-state index contributed by atoms with van der Waals surface area (Å²) >= 11 is 1.49. The van der Waals surface area contributed by atoms with E-state index in [0.717, 1.165) is 4.88 Å². The summed E-state index contributed by atoms with van der Waals surface area (Å²) in [6.07, 6.45) is 0. The first kappa shape index (κ1) is 17.0. The lowest BCUT2D eigenvalue weighted by molar-refractivity contribution is 0.0522. The first-order valence-corrected chi connectivity index (χ1v) is 8.60. The van der Waals surface area contributed by atoms with Crippen LogP contribution in [0.25, 0.3) is 10.7 Å². The van der Waals surface area contributed by atoms with Gasteiger partial charge in [-0.2, -0.15) is 4.80 Å². The van der Waals surface area contributed by atoms with Crippen molar-refractivity contribution in [1.82, 2.24) is 25.2 Å². The van der Waals surface area contributed by atoms with Crippen molar-refractivity contribution in [3.8, 4) is 10.7 Å². The minimum absolute atomic E-state index is 0.108. The number of aryl methyl sites for hydroxylation is 2. The van der Waals surface area contributed by atoms with Crippen molar-refractivity contribution < 1.29 is 14.3 Å². The van der Waals surface area contributed by atoms with E-state index in [1.165, 1.54) is 16.1 Å². The van der Waals surface area contributed by atoms with Crippen molar-refractivity contribution >= 4 is 23.1 Å². The van der Waals surface area contributed by atoms with Gasteiger partial charge in [-0.05, 0) is 37.4 Å². The predicted molar refractivity (Wildman–Crippen MR) is 91.7 cm³/mol. The number of carbonyl (C=O) groups excluding carboxylic acids is 2. The molecule has 0 fully saturated rings. The predicted octanol–water partition coefficient (Wildman–Crippen LogP) is 2.41. The average molecular weight is 359 g/mol. The number of tetrazole rings is 1. The molecule has 0 aromatic carbocycles. The Balaban J connectivity index is 1.86. The van der Waals surface area contributed by atoms with Gasteiger partial charge in [0.05, 0.1) is 22.6 Å². The van der Waals surface area contributed by atoms with Crippen LogP contribution in [0.1, 0.15) is 39.0 Å². The number of H-pyrrole nitrogens is 1. The number of nitrogens with one attached hydrogen (secondary N) is 1. The van der Waals surface area contributed by atoms with Crippen LogP contribution in [-0.4, -0.2) is 43.6 Å². The number of aromatic nitrogens is 5. The van der Waals surface area contributed by atoms with Crippen LogP contribution >= 0.6 is 11.3 Å². The van der Waals surface area contributed by atoms with E-state index in [1.807, 2.05) is 17.5 Å². The van der Waals surface area contributed by atoms with Crippen LogP contribution in [-0.2, 0) is 11.3 Å². The van der Waals surface area contributed by atoms with Crippen LogP contribution in [0, 0.1) is 13.8 Å². The standard InChI is InChI=1S/C16H17N5O3S/c1-4-24-16(23)14-10(3)17-9(2)13(14)11(22)8-21-19-15(18-20-21)12-6-5-7-25-12/h5-7,17H,4,8H2,1-3H3. The van der Waals surface area contributed by atoms with Crippen LogP contribution in [0.2, 0.25) is 0 Å². The van der Waals surface area contributed by atoms with Gasteiger partial charge in [-0.15, -0.1) is 21.5 Å². The molecule has 1 N–H and O–H groups in total. The fourth-order valence-electron chi connectivity index (χ4n) is 2.61. The van der Waals surface area contributed by atoms with Gasteiger partial charge in [-0.25, -0.2) is 4.79 Å². The number of esters is 1. The maximum atomic E-state index is 12.7. The summed E-state index contributed by atoms with van der Waals surface area (Å²) in [5, 5.41) is 14.0. The zero-order valence-corrected chi connectivity index (χ0v) is 14.9. The Kier molecular flexibility index (Phi) is 4.75. The highest BCUT2D eigenvalue weighted by Crippen LogP contribution is 2.22. The van der Waals surface area contributed by atoms with Gasteiger partial charge in [-0.3, -0.25) is 4.79 Å². The summed E-state index contributed by atoms with van der Waals surface area (Å²) in [6.45, 7) is 5.33. The fraction of sp³-hybridized carbons (Fsp3) is 0.312. The number of ketones is 1. The highest BCUT2D eigenvalue weighted by molar-refractivity contribution is 7.13. The molecule has 3 aromatic rings. The lowest BCUT2D eigenvalue weighted by Gasteiger charge is -2.05. The van der Waals surface area contributed by atoms with Crippen molar-refractivity contribution in [2.75, 3.05) is 6.61 Å². The Bertz CT molecular complexity index is 911. The van der Waals surface area contributed by atoms with Gasteiger partial charge in [0.1, 0.15) is 6.54 Å². The molecule has 130 valence electrons. The van der Waals surface area contributed by atoms with Crippen LogP contribution in [0.4, 0.5) is 0 Å². The average Bonchev–Trinajstić information content (AvgIpc) is 3.27. The minimum Gasteiger partial charge on any atom is -0.462 e. The summed E-state index contributed by atoms with van der Waals surface area (Å²) in [5.41, 5.74) is 1.79. The molecule has 3 heterocycles. The normalized spacial score (nSPS) is 10.8. The molecule has 0 aliphatic carbocycles. The molecule has 0 saturated carbocycles. The van der Waals surface area contributed by atoms with E-state index in [-0.39, 0.29) is 24.5 Å². The number of Topliss-reactive ketones (excluding diaryl/α,β-unsaturated/α-hetero) is 1. The summed E-state index contributed by atoms with van der Waals surface area (Å²) in [5.74, 6) is -0.325. The lowest BCUT2D eigenvalue weighted by atomic mass is 10.0. The first-order chi connectivity index (χ1) is 12.0. The molecule has 3 aromatic heterocycles. The molecule has 25 heavy (non-hydrogen) atoms. The quantitative estimate of drug-likeness (QED) is 0.535. The maximum Gasteiger partial charge on any atom is 0.340 e. The van der Waals surface area contributed by atoms with Crippen molar-refractivity contribution in [1.29, 1.82) is 0 Å². The molecule has 0 saturated heterocycles. The Morgan fingerprint density at radius 3 is 2.72 bits per heavy atom. The minimum atomic E-state index is -0.515. The second-order valence-corrected chi connectivity index (χ2v) is 6.34. The van der Waals surface area contributed by atoms with Gasteiger partial charge in [0, 0.05) is 11.4 Å². The Hall–Kier alpha value is -2.81. The zero-order chi connectivity index (χ0) is 18.0. The van der Waals surface area contributed by atoms with Gasteiger partial charge in [-0.1, -0.05) is 6.07 Å².